The summed E-state index contributed by atoms with van der Waals surface area (Å²) in [5.41, 5.74) is -1.05. The van der Waals surface area contributed by atoms with Crippen molar-refractivity contribution in [1.29, 1.82) is 0 Å². The fraction of sp³-hybridized carbons (Fsp3) is 0.818. The van der Waals surface area contributed by atoms with Crippen LogP contribution in [-0.4, -0.2) is 45.4 Å². The second-order valence-electron chi connectivity index (χ2n) is 5.02. The van der Waals surface area contributed by atoms with E-state index in [1.165, 1.54) is 0 Å². The lowest BCUT2D eigenvalue weighted by atomic mass is 9.90. The van der Waals surface area contributed by atoms with Crippen molar-refractivity contribution in [2.45, 2.75) is 52.2 Å². The Morgan fingerprint density at radius 3 is 1.65 bits per heavy atom. The molecule has 0 aliphatic carbocycles. The number of hydrogen-bond donors (Lipinski definition) is 4. The smallest absolute Gasteiger partial charge is 0.402 e. The third-order valence-electron chi connectivity index (χ3n) is 2.29. The van der Waals surface area contributed by atoms with E-state index in [0.29, 0.717) is 13.0 Å². The highest BCUT2D eigenvalue weighted by Crippen LogP contribution is 2.19. The standard InChI is InChI=1S/C6H14O2.C5H11BO3/c1-5(2,7)6(3,4)8;1-5(2)3-4-9-6(7)8/h7-8H,1-4H3;7-8H,1,3-4H2,2H3. The molecule has 0 aliphatic rings. The SMILES string of the molecule is C=C(C)CCOB(O)O.CC(C)(O)C(C)(C)O. The molecule has 0 aromatic carbocycles. The quantitative estimate of drug-likeness (QED) is 0.419. The monoisotopic (exact) mass is 248 g/mol. The molecule has 0 aliphatic heterocycles. The maximum atomic E-state index is 9.10. The lowest BCUT2D eigenvalue weighted by Gasteiger charge is -2.31. The van der Waals surface area contributed by atoms with Crippen LogP contribution in [0.25, 0.3) is 0 Å². The van der Waals surface area contributed by atoms with Gasteiger partial charge in [-0.15, -0.1) is 6.58 Å². The zero-order chi connectivity index (χ0) is 14.3. The fourth-order valence-electron chi connectivity index (χ4n) is 0.339. The van der Waals surface area contributed by atoms with E-state index in [2.05, 4.69) is 11.2 Å². The van der Waals surface area contributed by atoms with Crippen LogP contribution in [0.3, 0.4) is 0 Å². The van der Waals surface area contributed by atoms with Gasteiger partial charge in [0.1, 0.15) is 0 Å². The van der Waals surface area contributed by atoms with Gasteiger partial charge in [-0.3, -0.25) is 0 Å². The van der Waals surface area contributed by atoms with Crippen molar-refractivity contribution in [3.05, 3.63) is 12.2 Å². The minimum atomic E-state index is -1.65. The molecule has 0 fully saturated rings. The third-order valence-corrected chi connectivity index (χ3v) is 2.29. The molecular weight excluding hydrogens is 223 g/mol. The minimum absolute atomic E-state index is 0.312. The van der Waals surface area contributed by atoms with Gasteiger partial charge in [0.25, 0.3) is 0 Å². The minimum Gasteiger partial charge on any atom is -0.402 e. The highest BCUT2D eigenvalue weighted by molar-refractivity contribution is 6.32. The summed E-state index contributed by atoms with van der Waals surface area (Å²) >= 11 is 0. The molecule has 0 aromatic rings. The fourth-order valence-corrected chi connectivity index (χ4v) is 0.339. The molecule has 0 amide bonds. The van der Waals surface area contributed by atoms with E-state index in [1.807, 2.05) is 6.92 Å². The first-order chi connectivity index (χ1) is 7.38. The molecule has 5 nitrogen and oxygen atoms in total. The first-order valence-corrected chi connectivity index (χ1v) is 5.45. The maximum Gasteiger partial charge on any atom is 0.633 e. The van der Waals surface area contributed by atoms with Crippen molar-refractivity contribution in [1.82, 2.24) is 0 Å². The predicted molar refractivity (Wildman–Crippen MR) is 68.2 cm³/mol. The Morgan fingerprint density at radius 2 is 1.47 bits per heavy atom. The van der Waals surface area contributed by atoms with Crippen molar-refractivity contribution in [3.63, 3.8) is 0 Å². The highest BCUT2D eigenvalue weighted by Gasteiger charge is 2.31. The van der Waals surface area contributed by atoms with Crippen LogP contribution in [0, 0.1) is 0 Å². The lowest BCUT2D eigenvalue weighted by Crippen LogP contribution is -2.44. The summed E-state index contributed by atoms with van der Waals surface area (Å²) in [5.74, 6) is 0. The van der Waals surface area contributed by atoms with Gasteiger partial charge < -0.3 is 24.9 Å². The number of hydrogen-bond acceptors (Lipinski definition) is 5. The molecule has 0 rings (SSSR count). The van der Waals surface area contributed by atoms with Gasteiger partial charge in [0, 0.05) is 6.61 Å². The van der Waals surface area contributed by atoms with Crippen LogP contribution in [0.5, 0.6) is 0 Å². The average Bonchev–Trinajstić information content (AvgIpc) is 1.99. The lowest BCUT2D eigenvalue weighted by molar-refractivity contribution is -0.107. The van der Waals surface area contributed by atoms with Crippen LogP contribution < -0.4 is 0 Å². The van der Waals surface area contributed by atoms with Crippen LogP contribution in [0.15, 0.2) is 12.2 Å². The van der Waals surface area contributed by atoms with Crippen LogP contribution in [0.2, 0.25) is 0 Å². The highest BCUT2D eigenvalue weighted by atomic mass is 16.6. The van der Waals surface area contributed by atoms with E-state index >= 15 is 0 Å². The van der Waals surface area contributed by atoms with E-state index in [1.54, 1.807) is 27.7 Å². The topological polar surface area (TPSA) is 90.2 Å². The molecule has 17 heavy (non-hydrogen) atoms. The van der Waals surface area contributed by atoms with Gasteiger partial charge in [0.05, 0.1) is 11.2 Å². The van der Waals surface area contributed by atoms with Crippen molar-refractivity contribution in [2.75, 3.05) is 6.61 Å². The van der Waals surface area contributed by atoms with Crippen molar-refractivity contribution in [2.24, 2.45) is 0 Å². The van der Waals surface area contributed by atoms with E-state index < -0.39 is 18.5 Å². The molecular formula is C11H25BO5. The first-order valence-electron chi connectivity index (χ1n) is 5.45. The second kappa shape index (κ2) is 7.84. The van der Waals surface area contributed by atoms with Gasteiger partial charge in [0.15, 0.2) is 0 Å². The molecule has 0 atom stereocenters. The van der Waals surface area contributed by atoms with Gasteiger partial charge in [-0.2, -0.15) is 0 Å². The van der Waals surface area contributed by atoms with Gasteiger partial charge in [-0.1, -0.05) is 5.57 Å². The summed E-state index contributed by atoms with van der Waals surface area (Å²) in [6, 6.07) is 0. The number of rotatable bonds is 5. The Hall–Kier alpha value is -0.395. The molecule has 0 saturated carbocycles. The van der Waals surface area contributed by atoms with Crippen molar-refractivity contribution >= 4 is 7.32 Å². The molecule has 0 radical (unpaired) electrons. The third kappa shape index (κ3) is 13.5. The Balaban J connectivity index is 0. The summed E-state index contributed by atoms with van der Waals surface area (Å²) in [6.45, 7) is 12.1. The molecule has 0 bridgehead atoms. The van der Waals surface area contributed by atoms with Crippen LogP contribution in [-0.2, 0) is 4.65 Å². The van der Waals surface area contributed by atoms with Gasteiger partial charge >= 0.3 is 7.32 Å². The molecule has 0 aromatic heterocycles. The molecule has 0 heterocycles. The maximum absolute atomic E-state index is 9.10. The predicted octanol–water partition coefficient (Wildman–Crippen LogP) is 0.467. The van der Waals surface area contributed by atoms with E-state index in [-0.39, 0.29) is 0 Å². The summed E-state index contributed by atoms with van der Waals surface area (Å²) in [5, 5.41) is 34.5. The summed E-state index contributed by atoms with van der Waals surface area (Å²) in [6.07, 6.45) is 0.664. The summed E-state index contributed by atoms with van der Waals surface area (Å²) in [7, 11) is -1.65. The zero-order valence-corrected chi connectivity index (χ0v) is 11.4. The van der Waals surface area contributed by atoms with Crippen LogP contribution in [0.4, 0.5) is 0 Å². The van der Waals surface area contributed by atoms with Crippen LogP contribution >= 0.6 is 0 Å². The Morgan fingerprint density at radius 1 is 1.12 bits per heavy atom. The Kier molecular flexibility index (Phi) is 8.74. The van der Waals surface area contributed by atoms with E-state index in [9.17, 15) is 0 Å². The normalized spacial score (nSPS) is 11.6. The van der Waals surface area contributed by atoms with Crippen LogP contribution in [0.1, 0.15) is 41.0 Å². The molecule has 0 unspecified atom stereocenters. The van der Waals surface area contributed by atoms with Crippen molar-refractivity contribution < 1.29 is 24.9 Å². The number of aliphatic hydroxyl groups is 2. The average molecular weight is 248 g/mol. The first kappa shape index (κ1) is 19.0. The summed E-state index contributed by atoms with van der Waals surface area (Å²) < 4.78 is 4.40. The van der Waals surface area contributed by atoms with Gasteiger partial charge in [-0.05, 0) is 41.0 Å². The van der Waals surface area contributed by atoms with Crippen molar-refractivity contribution in [3.8, 4) is 0 Å². The molecule has 0 saturated heterocycles. The Bertz CT molecular complexity index is 203. The van der Waals surface area contributed by atoms with Gasteiger partial charge in [-0.25, -0.2) is 0 Å². The molecule has 102 valence electrons. The van der Waals surface area contributed by atoms with Gasteiger partial charge in [0.2, 0.25) is 0 Å². The summed E-state index contributed by atoms with van der Waals surface area (Å²) in [4.78, 5) is 0. The van der Waals surface area contributed by atoms with E-state index in [0.717, 1.165) is 5.57 Å². The largest absolute Gasteiger partial charge is 0.633 e. The molecule has 6 heteroatoms. The van der Waals surface area contributed by atoms with E-state index in [4.69, 9.17) is 20.3 Å². The molecule has 0 spiro atoms. The second-order valence-corrected chi connectivity index (χ2v) is 5.02. The zero-order valence-electron chi connectivity index (χ0n) is 11.4. The molecule has 4 N–H and O–H groups in total. The Labute approximate surface area is 104 Å².